The zero-order valence-electron chi connectivity index (χ0n) is 18.7. The number of carbonyl (C=O) groups is 1. The van der Waals surface area contributed by atoms with Gasteiger partial charge in [0.2, 0.25) is 5.89 Å². The Morgan fingerprint density at radius 2 is 1.74 bits per heavy atom. The third kappa shape index (κ3) is 4.80. The van der Waals surface area contributed by atoms with Crippen LogP contribution in [-0.4, -0.2) is 47.0 Å². The van der Waals surface area contributed by atoms with Crippen LogP contribution >= 0.6 is 0 Å². The molecule has 162 valence electrons. The molecule has 3 aromatic rings. The molecule has 2 amide bonds. The molecule has 6 nitrogen and oxygen atoms in total. The van der Waals surface area contributed by atoms with Crippen molar-refractivity contribution in [2.45, 2.75) is 34.2 Å². The van der Waals surface area contributed by atoms with E-state index in [4.69, 9.17) is 9.40 Å². The minimum Gasteiger partial charge on any atom is -0.441 e. The van der Waals surface area contributed by atoms with Crippen LogP contribution in [0.15, 0.2) is 46.9 Å². The number of oxazole rings is 1. The van der Waals surface area contributed by atoms with Crippen molar-refractivity contribution in [1.82, 2.24) is 14.8 Å². The number of hydrogen-bond donors (Lipinski definition) is 1. The molecule has 0 bridgehead atoms. The minimum absolute atomic E-state index is 0.0344. The van der Waals surface area contributed by atoms with Crippen LogP contribution in [0.25, 0.3) is 11.5 Å². The van der Waals surface area contributed by atoms with Gasteiger partial charge < -0.3 is 14.6 Å². The second kappa shape index (κ2) is 8.94. The second-order valence-corrected chi connectivity index (χ2v) is 8.35. The summed E-state index contributed by atoms with van der Waals surface area (Å²) in [6, 6.07) is 14.2. The van der Waals surface area contributed by atoms with E-state index >= 15 is 0 Å². The number of urea groups is 1. The van der Waals surface area contributed by atoms with E-state index in [1.165, 1.54) is 0 Å². The molecule has 2 heterocycles. The molecule has 0 aliphatic carbocycles. The fraction of sp³-hybridized carbons (Fsp3) is 0.360. The second-order valence-electron chi connectivity index (χ2n) is 8.35. The van der Waals surface area contributed by atoms with E-state index in [-0.39, 0.29) is 6.03 Å². The molecule has 1 saturated heterocycles. The Balaban J connectivity index is 1.35. The summed E-state index contributed by atoms with van der Waals surface area (Å²) in [5, 5.41) is 3.06. The van der Waals surface area contributed by atoms with E-state index in [1.54, 1.807) is 0 Å². The van der Waals surface area contributed by atoms with Crippen molar-refractivity contribution in [2.24, 2.45) is 0 Å². The first-order valence-electron chi connectivity index (χ1n) is 10.8. The maximum atomic E-state index is 12.7. The molecule has 0 atom stereocenters. The summed E-state index contributed by atoms with van der Waals surface area (Å²) in [4.78, 5) is 21.7. The highest BCUT2D eigenvalue weighted by molar-refractivity contribution is 5.90. The lowest BCUT2D eigenvalue weighted by Gasteiger charge is -2.34. The van der Waals surface area contributed by atoms with E-state index < -0.39 is 0 Å². The van der Waals surface area contributed by atoms with Gasteiger partial charge in [-0.05, 0) is 56.5 Å². The van der Waals surface area contributed by atoms with Gasteiger partial charge in [0.1, 0.15) is 5.76 Å². The van der Waals surface area contributed by atoms with Gasteiger partial charge in [0.15, 0.2) is 0 Å². The van der Waals surface area contributed by atoms with Gasteiger partial charge in [0.05, 0.1) is 5.69 Å². The van der Waals surface area contributed by atoms with Crippen molar-refractivity contribution in [3.63, 3.8) is 0 Å². The number of piperazine rings is 1. The van der Waals surface area contributed by atoms with Gasteiger partial charge in [-0.2, -0.15) is 0 Å². The molecule has 31 heavy (non-hydrogen) atoms. The third-order valence-electron chi connectivity index (χ3n) is 5.94. The monoisotopic (exact) mass is 418 g/mol. The predicted molar refractivity (Wildman–Crippen MR) is 123 cm³/mol. The number of nitrogens with one attached hydrogen (secondary N) is 1. The highest BCUT2D eigenvalue weighted by Gasteiger charge is 2.23. The maximum absolute atomic E-state index is 12.7. The first-order valence-corrected chi connectivity index (χ1v) is 10.8. The molecule has 1 N–H and O–H groups in total. The largest absolute Gasteiger partial charge is 0.441 e. The lowest BCUT2D eigenvalue weighted by Crippen LogP contribution is -2.49. The Labute approximate surface area is 183 Å². The molecular formula is C25H30N4O2. The number of nitrogens with zero attached hydrogens (tertiary/aromatic N) is 3. The Bertz CT molecular complexity index is 1080. The standard InChI is InChI=1S/C25H30N4O2/c1-17-9-10-19(3)22(15-17)27-25(30)29-13-11-28(12-14-29)16-23-20(4)31-24(26-23)21-8-6-5-7-18(21)2/h5-10,15H,11-14,16H2,1-4H3,(H,27,30). The van der Waals surface area contributed by atoms with Crippen LogP contribution in [0.5, 0.6) is 0 Å². The summed E-state index contributed by atoms with van der Waals surface area (Å²) in [6.07, 6.45) is 0. The van der Waals surface area contributed by atoms with E-state index in [9.17, 15) is 4.79 Å². The maximum Gasteiger partial charge on any atom is 0.321 e. The normalized spacial score (nSPS) is 14.6. The molecule has 0 saturated carbocycles. The number of carbonyl (C=O) groups excluding carboxylic acids is 1. The average molecular weight is 419 g/mol. The first kappa shape index (κ1) is 21.1. The number of benzene rings is 2. The highest BCUT2D eigenvalue weighted by Crippen LogP contribution is 2.25. The summed E-state index contributed by atoms with van der Waals surface area (Å²) >= 11 is 0. The highest BCUT2D eigenvalue weighted by atomic mass is 16.4. The Morgan fingerprint density at radius 1 is 1.00 bits per heavy atom. The third-order valence-corrected chi connectivity index (χ3v) is 5.94. The van der Waals surface area contributed by atoms with Crippen molar-refractivity contribution in [1.29, 1.82) is 0 Å². The van der Waals surface area contributed by atoms with Crippen molar-refractivity contribution >= 4 is 11.7 Å². The molecule has 4 rings (SSSR count). The van der Waals surface area contributed by atoms with Crippen molar-refractivity contribution in [3.05, 3.63) is 70.6 Å². The van der Waals surface area contributed by atoms with E-state index in [0.717, 1.165) is 59.0 Å². The number of anilines is 1. The molecule has 2 aromatic carbocycles. The molecular weight excluding hydrogens is 388 g/mol. The van der Waals surface area contributed by atoms with Crippen LogP contribution in [0.4, 0.5) is 10.5 Å². The topological polar surface area (TPSA) is 61.6 Å². The Hall–Kier alpha value is -3.12. The van der Waals surface area contributed by atoms with Gasteiger partial charge >= 0.3 is 6.03 Å². The smallest absolute Gasteiger partial charge is 0.321 e. The van der Waals surface area contributed by atoms with E-state index in [1.807, 2.05) is 56.0 Å². The summed E-state index contributed by atoms with van der Waals surface area (Å²) in [5.74, 6) is 1.53. The van der Waals surface area contributed by atoms with Gasteiger partial charge in [0, 0.05) is 44.0 Å². The lowest BCUT2D eigenvalue weighted by atomic mass is 10.1. The summed E-state index contributed by atoms with van der Waals surface area (Å²) < 4.78 is 5.96. The molecule has 1 aromatic heterocycles. The summed E-state index contributed by atoms with van der Waals surface area (Å²) in [6.45, 7) is 11.8. The fourth-order valence-electron chi connectivity index (χ4n) is 3.89. The van der Waals surface area contributed by atoms with Gasteiger partial charge in [0.25, 0.3) is 0 Å². The molecule has 1 aliphatic rings. The predicted octanol–water partition coefficient (Wildman–Crippen LogP) is 4.92. The van der Waals surface area contributed by atoms with Crippen LogP contribution < -0.4 is 5.32 Å². The lowest BCUT2D eigenvalue weighted by molar-refractivity contribution is 0.141. The van der Waals surface area contributed by atoms with Gasteiger partial charge in [-0.1, -0.05) is 30.3 Å². The average Bonchev–Trinajstić information content (AvgIpc) is 3.11. The Kier molecular flexibility index (Phi) is 6.09. The zero-order valence-corrected chi connectivity index (χ0v) is 18.7. The fourth-order valence-corrected chi connectivity index (χ4v) is 3.89. The van der Waals surface area contributed by atoms with E-state index in [0.29, 0.717) is 19.0 Å². The van der Waals surface area contributed by atoms with Crippen LogP contribution in [-0.2, 0) is 6.54 Å². The van der Waals surface area contributed by atoms with Crippen LogP contribution in [0.2, 0.25) is 0 Å². The number of amides is 2. The van der Waals surface area contributed by atoms with E-state index in [2.05, 4.69) is 29.3 Å². The van der Waals surface area contributed by atoms with Crippen molar-refractivity contribution in [3.8, 4) is 11.5 Å². The van der Waals surface area contributed by atoms with Gasteiger partial charge in [-0.25, -0.2) is 9.78 Å². The quantitative estimate of drug-likeness (QED) is 0.653. The molecule has 0 spiro atoms. The van der Waals surface area contributed by atoms with Gasteiger partial charge in [-0.3, -0.25) is 4.90 Å². The number of rotatable bonds is 4. The van der Waals surface area contributed by atoms with Crippen LogP contribution in [0.3, 0.4) is 0 Å². The van der Waals surface area contributed by atoms with Crippen molar-refractivity contribution in [2.75, 3.05) is 31.5 Å². The minimum atomic E-state index is -0.0344. The molecule has 1 fully saturated rings. The van der Waals surface area contributed by atoms with Crippen molar-refractivity contribution < 1.29 is 9.21 Å². The molecule has 6 heteroatoms. The molecule has 0 unspecified atom stereocenters. The summed E-state index contributed by atoms with van der Waals surface area (Å²) in [5.41, 5.74) is 6.24. The number of hydrogen-bond acceptors (Lipinski definition) is 4. The zero-order chi connectivity index (χ0) is 22.0. The van der Waals surface area contributed by atoms with Crippen LogP contribution in [0.1, 0.15) is 28.1 Å². The molecule has 1 aliphatic heterocycles. The summed E-state index contributed by atoms with van der Waals surface area (Å²) in [7, 11) is 0. The number of aryl methyl sites for hydroxylation is 4. The van der Waals surface area contributed by atoms with Crippen LogP contribution in [0, 0.1) is 27.7 Å². The first-order chi connectivity index (χ1) is 14.9. The molecule has 0 radical (unpaired) electrons. The Morgan fingerprint density at radius 3 is 2.48 bits per heavy atom. The van der Waals surface area contributed by atoms with Gasteiger partial charge in [-0.15, -0.1) is 0 Å². The SMILES string of the molecule is Cc1ccc(C)c(NC(=O)N2CCN(Cc3nc(-c4ccccc4C)oc3C)CC2)c1. The number of aromatic nitrogens is 1.